The lowest BCUT2D eigenvalue weighted by molar-refractivity contribution is 0.586. The second-order valence-corrected chi connectivity index (χ2v) is 4.93. The van der Waals surface area contributed by atoms with Crippen molar-refractivity contribution in [1.82, 2.24) is 9.97 Å². The van der Waals surface area contributed by atoms with Crippen molar-refractivity contribution in [2.75, 3.05) is 5.32 Å². The van der Waals surface area contributed by atoms with Crippen LogP contribution in [0.3, 0.4) is 0 Å². The van der Waals surface area contributed by atoms with Crippen molar-refractivity contribution in [3.63, 3.8) is 0 Å². The number of hydrogen-bond acceptors (Lipinski definition) is 3. The molecular formula is C14H9BrFN3. The van der Waals surface area contributed by atoms with Gasteiger partial charge in [-0.15, -0.1) is 0 Å². The normalized spacial score (nSPS) is 10.6. The molecule has 0 atom stereocenters. The molecule has 0 saturated heterocycles. The minimum absolute atomic E-state index is 0.516. The molecule has 2 aromatic heterocycles. The number of pyridine rings is 2. The lowest BCUT2D eigenvalue weighted by atomic mass is 10.2. The number of fused-ring (bicyclic) bond motifs is 1. The highest BCUT2D eigenvalue weighted by Gasteiger charge is 2.04. The zero-order valence-electron chi connectivity index (χ0n) is 9.77. The van der Waals surface area contributed by atoms with E-state index < -0.39 is 5.95 Å². The van der Waals surface area contributed by atoms with Crippen molar-refractivity contribution in [1.29, 1.82) is 0 Å². The highest BCUT2D eigenvalue weighted by Crippen LogP contribution is 2.26. The van der Waals surface area contributed by atoms with Gasteiger partial charge in [0.15, 0.2) is 0 Å². The fraction of sp³-hybridized carbons (Fsp3) is 0. The Kier molecular flexibility index (Phi) is 3.13. The van der Waals surface area contributed by atoms with E-state index >= 15 is 0 Å². The summed E-state index contributed by atoms with van der Waals surface area (Å²) < 4.78 is 14.2. The summed E-state index contributed by atoms with van der Waals surface area (Å²) in [5, 5.41) is 3.95. The molecule has 3 nitrogen and oxygen atoms in total. The predicted molar refractivity (Wildman–Crippen MR) is 76.9 cm³/mol. The minimum atomic E-state index is -0.516. The van der Waals surface area contributed by atoms with Gasteiger partial charge >= 0.3 is 0 Å². The van der Waals surface area contributed by atoms with E-state index in [0.29, 0.717) is 10.9 Å². The smallest absolute Gasteiger partial charge is 0.213 e. The number of aromatic nitrogens is 2. The van der Waals surface area contributed by atoms with Gasteiger partial charge in [-0.1, -0.05) is 22.0 Å². The molecule has 3 rings (SSSR count). The van der Waals surface area contributed by atoms with Gasteiger partial charge in [-0.3, -0.25) is 4.98 Å². The third-order valence-corrected chi connectivity index (χ3v) is 3.19. The molecule has 1 N–H and O–H groups in total. The number of nitrogens with one attached hydrogen (secondary N) is 1. The van der Waals surface area contributed by atoms with Gasteiger partial charge in [0.25, 0.3) is 0 Å². The standard InChI is InChI=1S/C14H9BrFN3/c15-9-2-1-3-10(6-9)19-12-4-5-17-13-8-18-14(16)7-11(12)13/h1-8H,(H,17,19). The summed E-state index contributed by atoms with van der Waals surface area (Å²) in [7, 11) is 0. The summed E-state index contributed by atoms with van der Waals surface area (Å²) in [5.74, 6) is -0.516. The van der Waals surface area contributed by atoms with Crippen LogP contribution in [0.25, 0.3) is 10.9 Å². The molecule has 0 radical (unpaired) electrons. The number of rotatable bonds is 2. The van der Waals surface area contributed by atoms with Crippen LogP contribution in [0.1, 0.15) is 0 Å². The van der Waals surface area contributed by atoms with Gasteiger partial charge in [0.05, 0.1) is 11.7 Å². The average molecular weight is 318 g/mol. The minimum Gasteiger partial charge on any atom is -0.355 e. The Hall–Kier alpha value is -2.01. The molecule has 2 heterocycles. The lowest BCUT2D eigenvalue weighted by Crippen LogP contribution is -1.94. The van der Waals surface area contributed by atoms with E-state index in [1.807, 2.05) is 30.3 Å². The zero-order valence-corrected chi connectivity index (χ0v) is 11.4. The monoisotopic (exact) mass is 317 g/mol. The first-order chi connectivity index (χ1) is 9.22. The predicted octanol–water partition coefficient (Wildman–Crippen LogP) is 4.28. The molecule has 0 spiro atoms. The molecule has 5 heteroatoms. The van der Waals surface area contributed by atoms with Gasteiger partial charge in [0, 0.05) is 33.5 Å². The Morgan fingerprint density at radius 3 is 2.84 bits per heavy atom. The van der Waals surface area contributed by atoms with Crippen molar-refractivity contribution in [3.05, 3.63) is 59.2 Å². The Bertz CT molecular complexity index is 746. The first kappa shape index (κ1) is 12.0. The third-order valence-electron chi connectivity index (χ3n) is 2.70. The summed E-state index contributed by atoms with van der Waals surface area (Å²) in [4.78, 5) is 7.77. The maximum absolute atomic E-state index is 13.2. The summed E-state index contributed by atoms with van der Waals surface area (Å²) in [6.45, 7) is 0. The van der Waals surface area contributed by atoms with E-state index in [4.69, 9.17) is 0 Å². The first-order valence-electron chi connectivity index (χ1n) is 5.65. The van der Waals surface area contributed by atoms with Gasteiger partial charge in [0.1, 0.15) is 0 Å². The van der Waals surface area contributed by atoms with Gasteiger partial charge in [-0.25, -0.2) is 4.98 Å². The molecule has 0 amide bonds. The second kappa shape index (κ2) is 4.93. The number of nitrogens with zero attached hydrogens (tertiary/aromatic N) is 2. The largest absolute Gasteiger partial charge is 0.355 e. The summed E-state index contributed by atoms with van der Waals surface area (Å²) >= 11 is 3.41. The Morgan fingerprint density at radius 2 is 2.00 bits per heavy atom. The van der Waals surface area contributed by atoms with Crippen LogP contribution >= 0.6 is 15.9 Å². The van der Waals surface area contributed by atoms with Gasteiger partial charge < -0.3 is 5.32 Å². The molecule has 0 bridgehead atoms. The molecule has 0 unspecified atom stereocenters. The molecular weight excluding hydrogens is 309 g/mol. The zero-order chi connectivity index (χ0) is 13.2. The molecule has 94 valence electrons. The van der Waals surface area contributed by atoms with Crippen LogP contribution in [0.4, 0.5) is 15.8 Å². The molecule has 0 fully saturated rings. The maximum Gasteiger partial charge on any atom is 0.213 e. The van der Waals surface area contributed by atoms with Crippen molar-refractivity contribution in [2.24, 2.45) is 0 Å². The number of hydrogen-bond donors (Lipinski definition) is 1. The SMILES string of the molecule is Fc1cc2c(Nc3cccc(Br)c3)ccnc2cn1. The molecule has 1 aromatic carbocycles. The number of halogens is 2. The van der Waals surface area contributed by atoms with Crippen LogP contribution in [-0.4, -0.2) is 9.97 Å². The van der Waals surface area contributed by atoms with Gasteiger partial charge in [-0.2, -0.15) is 4.39 Å². The van der Waals surface area contributed by atoms with E-state index in [1.54, 1.807) is 6.20 Å². The van der Waals surface area contributed by atoms with E-state index in [0.717, 1.165) is 15.8 Å². The fourth-order valence-corrected chi connectivity index (χ4v) is 2.25. The number of benzene rings is 1. The van der Waals surface area contributed by atoms with Crippen molar-refractivity contribution >= 4 is 38.2 Å². The van der Waals surface area contributed by atoms with Crippen molar-refractivity contribution < 1.29 is 4.39 Å². The van der Waals surface area contributed by atoms with E-state index in [9.17, 15) is 4.39 Å². The Labute approximate surface area is 117 Å². The molecule has 19 heavy (non-hydrogen) atoms. The van der Waals surface area contributed by atoms with Crippen LogP contribution < -0.4 is 5.32 Å². The summed E-state index contributed by atoms with van der Waals surface area (Å²) in [5.41, 5.74) is 2.37. The van der Waals surface area contributed by atoms with E-state index in [2.05, 4.69) is 31.2 Å². The fourth-order valence-electron chi connectivity index (χ4n) is 1.85. The molecule has 0 aliphatic rings. The Morgan fingerprint density at radius 1 is 1.11 bits per heavy atom. The van der Waals surface area contributed by atoms with Crippen molar-refractivity contribution in [2.45, 2.75) is 0 Å². The van der Waals surface area contributed by atoms with E-state index in [-0.39, 0.29) is 0 Å². The molecule has 0 aliphatic heterocycles. The second-order valence-electron chi connectivity index (χ2n) is 4.02. The Balaban J connectivity index is 2.07. The van der Waals surface area contributed by atoms with Gasteiger partial charge in [0.2, 0.25) is 5.95 Å². The van der Waals surface area contributed by atoms with Crippen LogP contribution in [0.5, 0.6) is 0 Å². The number of anilines is 2. The third kappa shape index (κ3) is 2.56. The topological polar surface area (TPSA) is 37.8 Å². The van der Waals surface area contributed by atoms with Crippen LogP contribution in [-0.2, 0) is 0 Å². The highest BCUT2D eigenvalue weighted by atomic mass is 79.9. The lowest BCUT2D eigenvalue weighted by Gasteiger charge is -2.09. The summed E-state index contributed by atoms with van der Waals surface area (Å²) in [6, 6.07) is 10.9. The highest BCUT2D eigenvalue weighted by molar-refractivity contribution is 9.10. The van der Waals surface area contributed by atoms with Crippen LogP contribution in [0.15, 0.2) is 53.3 Å². The van der Waals surface area contributed by atoms with E-state index in [1.165, 1.54) is 12.3 Å². The average Bonchev–Trinajstić information content (AvgIpc) is 2.39. The summed E-state index contributed by atoms with van der Waals surface area (Å²) in [6.07, 6.45) is 3.10. The van der Waals surface area contributed by atoms with Crippen molar-refractivity contribution in [3.8, 4) is 0 Å². The molecule has 3 aromatic rings. The quantitative estimate of drug-likeness (QED) is 0.717. The van der Waals surface area contributed by atoms with Gasteiger partial charge in [-0.05, 0) is 24.3 Å². The van der Waals surface area contributed by atoms with Crippen LogP contribution in [0.2, 0.25) is 0 Å². The van der Waals surface area contributed by atoms with Crippen LogP contribution in [0, 0.1) is 5.95 Å². The first-order valence-corrected chi connectivity index (χ1v) is 6.44. The molecule has 0 aliphatic carbocycles. The maximum atomic E-state index is 13.2. The molecule has 0 saturated carbocycles.